The van der Waals surface area contributed by atoms with Crippen molar-refractivity contribution in [1.82, 2.24) is 5.32 Å². The fraction of sp³-hybridized carbons (Fsp3) is 0.250. The van der Waals surface area contributed by atoms with E-state index in [4.69, 9.17) is 10.2 Å². The van der Waals surface area contributed by atoms with Crippen molar-refractivity contribution in [1.29, 1.82) is 0 Å². The molecule has 7 heteroatoms. The van der Waals surface area contributed by atoms with E-state index in [1.54, 1.807) is 18.4 Å². The number of benzene rings is 1. The summed E-state index contributed by atoms with van der Waals surface area (Å²) in [7, 11) is 0. The van der Waals surface area contributed by atoms with Gasteiger partial charge in [-0.2, -0.15) is 0 Å². The number of hydrogen-bond acceptors (Lipinski definition) is 3. The largest absolute Gasteiger partial charge is 0.467 e. The first kappa shape index (κ1) is 19.0. The molecule has 6 nitrogen and oxygen atoms in total. The second-order valence-electron chi connectivity index (χ2n) is 4.74. The minimum atomic E-state index is -0.219. The number of hydrogen-bond donors (Lipinski definition) is 3. The van der Waals surface area contributed by atoms with Crippen molar-refractivity contribution < 1.29 is 9.21 Å². The Morgan fingerprint density at radius 3 is 2.83 bits per heavy atom. The van der Waals surface area contributed by atoms with Crippen LogP contribution < -0.4 is 16.4 Å². The number of aryl methyl sites for hydroxylation is 1. The Hall–Kier alpha value is -2.03. The zero-order valence-electron chi connectivity index (χ0n) is 12.9. The summed E-state index contributed by atoms with van der Waals surface area (Å²) in [4.78, 5) is 15.7. The van der Waals surface area contributed by atoms with Crippen LogP contribution in [0.3, 0.4) is 0 Å². The molecule has 1 amide bonds. The predicted molar refractivity (Wildman–Crippen MR) is 102 cm³/mol. The maximum absolute atomic E-state index is 11.7. The zero-order valence-corrected chi connectivity index (χ0v) is 15.2. The first-order chi connectivity index (χ1) is 10.7. The maximum atomic E-state index is 11.7. The van der Waals surface area contributed by atoms with Crippen LogP contribution in [0.2, 0.25) is 0 Å². The van der Waals surface area contributed by atoms with E-state index in [9.17, 15) is 4.79 Å². The Balaban J connectivity index is 0.00000264. The molecule has 2 rings (SSSR count). The van der Waals surface area contributed by atoms with Gasteiger partial charge in [-0.15, -0.1) is 24.0 Å². The third-order valence-electron chi connectivity index (χ3n) is 3.04. The molecule has 0 spiro atoms. The van der Waals surface area contributed by atoms with Gasteiger partial charge in [-0.3, -0.25) is 4.79 Å². The summed E-state index contributed by atoms with van der Waals surface area (Å²) in [5, 5.41) is 5.67. The van der Waals surface area contributed by atoms with Gasteiger partial charge in [-0.05, 0) is 36.2 Å². The highest BCUT2D eigenvalue weighted by molar-refractivity contribution is 14.0. The van der Waals surface area contributed by atoms with Crippen molar-refractivity contribution in [3.8, 4) is 0 Å². The molecule has 0 fully saturated rings. The Bertz CT molecular complexity index is 641. The van der Waals surface area contributed by atoms with Crippen LogP contribution in [0.15, 0.2) is 52.1 Å². The average molecular weight is 428 g/mol. The van der Waals surface area contributed by atoms with Gasteiger partial charge in [0, 0.05) is 5.69 Å². The van der Waals surface area contributed by atoms with Gasteiger partial charge in [-0.25, -0.2) is 4.99 Å². The number of carbonyl (C=O) groups excluding carboxylic acids is 1. The van der Waals surface area contributed by atoms with Crippen molar-refractivity contribution in [2.24, 2.45) is 10.7 Å². The van der Waals surface area contributed by atoms with Crippen molar-refractivity contribution >= 4 is 41.5 Å². The van der Waals surface area contributed by atoms with Gasteiger partial charge < -0.3 is 20.8 Å². The third kappa shape index (κ3) is 6.72. The van der Waals surface area contributed by atoms with Crippen LogP contribution in [0.25, 0.3) is 0 Å². The number of aliphatic imine (C=N–C) groups is 1. The summed E-state index contributed by atoms with van der Waals surface area (Å²) in [5.74, 6) is 0.685. The van der Waals surface area contributed by atoms with Gasteiger partial charge in [0.1, 0.15) is 12.3 Å². The van der Waals surface area contributed by atoms with E-state index in [1.807, 2.05) is 24.3 Å². The molecule has 4 N–H and O–H groups in total. The highest BCUT2D eigenvalue weighted by Gasteiger charge is 2.02. The Morgan fingerprint density at radius 1 is 1.30 bits per heavy atom. The second-order valence-corrected chi connectivity index (χ2v) is 4.74. The van der Waals surface area contributed by atoms with Gasteiger partial charge in [0.2, 0.25) is 5.91 Å². The maximum Gasteiger partial charge on any atom is 0.242 e. The van der Waals surface area contributed by atoms with Crippen LogP contribution in [0, 0.1) is 0 Å². The van der Waals surface area contributed by atoms with Gasteiger partial charge >= 0.3 is 0 Å². The normalized spacial score (nSPS) is 10.7. The monoisotopic (exact) mass is 428 g/mol. The number of anilines is 1. The van der Waals surface area contributed by atoms with Crippen molar-refractivity contribution in [2.75, 3.05) is 11.9 Å². The third-order valence-corrected chi connectivity index (χ3v) is 3.04. The minimum Gasteiger partial charge on any atom is -0.467 e. The predicted octanol–water partition coefficient (Wildman–Crippen LogP) is 2.50. The quantitative estimate of drug-likeness (QED) is 0.375. The molecule has 0 saturated heterocycles. The molecule has 0 aliphatic heterocycles. The minimum absolute atomic E-state index is 0. The van der Waals surface area contributed by atoms with Crippen molar-refractivity contribution in [3.05, 3.63) is 54.0 Å². The summed E-state index contributed by atoms with van der Waals surface area (Å²) in [6.45, 7) is 2.39. The fourth-order valence-corrected chi connectivity index (χ4v) is 1.87. The molecule has 0 saturated carbocycles. The van der Waals surface area contributed by atoms with E-state index in [-0.39, 0.29) is 42.4 Å². The van der Waals surface area contributed by atoms with Crippen LogP contribution in [-0.2, 0) is 17.8 Å². The smallest absolute Gasteiger partial charge is 0.242 e. The molecule has 124 valence electrons. The van der Waals surface area contributed by atoms with Gasteiger partial charge in [0.05, 0.1) is 12.8 Å². The van der Waals surface area contributed by atoms with Crippen LogP contribution in [0.4, 0.5) is 5.69 Å². The Morgan fingerprint density at radius 2 is 2.13 bits per heavy atom. The van der Waals surface area contributed by atoms with Gasteiger partial charge in [-0.1, -0.05) is 19.1 Å². The highest BCUT2D eigenvalue weighted by Crippen LogP contribution is 2.10. The van der Waals surface area contributed by atoms with Crippen LogP contribution in [0.5, 0.6) is 0 Å². The molecule has 0 atom stereocenters. The summed E-state index contributed by atoms with van der Waals surface area (Å²) in [6, 6.07) is 11.5. The number of amides is 1. The fourth-order valence-electron chi connectivity index (χ4n) is 1.87. The van der Waals surface area contributed by atoms with E-state index in [0.29, 0.717) is 12.3 Å². The number of nitrogens with zero attached hydrogens (tertiary/aromatic N) is 1. The summed E-state index contributed by atoms with van der Waals surface area (Å²) < 4.78 is 5.12. The van der Waals surface area contributed by atoms with E-state index in [0.717, 1.165) is 12.1 Å². The molecule has 0 bridgehead atoms. The molecule has 2 aromatic rings. The number of nitrogens with one attached hydrogen (secondary N) is 2. The molecule has 0 aliphatic carbocycles. The lowest BCUT2D eigenvalue weighted by Crippen LogP contribution is -2.28. The summed E-state index contributed by atoms with van der Waals surface area (Å²) in [6.07, 6.45) is 2.51. The lowest BCUT2D eigenvalue weighted by atomic mass is 10.1. The number of halogens is 1. The SMILES string of the molecule is CCc1cccc(NC(N)=NCC(=O)NCc2ccco2)c1.I. The number of nitrogens with two attached hydrogens (primary N) is 1. The first-order valence-corrected chi connectivity index (χ1v) is 7.12. The standard InChI is InChI=1S/C16H20N4O2.HI/c1-2-12-5-3-6-13(9-12)20-16(17)19-11-15(21)18-10-14-7-4-8-22-14;/h3-9H,2,10-11H2,1H3,(H,18,21)(H3,17,19,20);1H. The van der Waals surface area contributed by atoms with E-state index < -0.39 is 0 Å². The molecule has 0 unspecified atom stereocenters. The molecule has 1 aromatic heterocycles. The number of guanidine groups is 1. The van der Waals surface area contributed by atoms with E-state index >= 15 is 0 Å². The number of furan rings is 1. The molecule has 0 radical (unpaired) electrons. The number of rotatable bonds is 6. The Labute approximate surface area is 152 Å². The lowest BCUT2D eigenvalue weighted by molar-refractivity contribution is -0.119. The first-order valence-electron chi connectivity index (χ1n) is 7.12. The Kier molecular flexibility index (Phi) is 8.17. The van der Waals surface area contributed by atoms with Crippen LogP contribution >= 0.6 is 24.0 Å². The molecule has 1 aromatic carbocycles. The summed E-state index contributed by atoms with van der Waals surface area (Å²) >= 11 is 0. The van der Waals surface area contributed by atoms with Crippen LogP contribution in [-0.4, -0.2) is 18.4 Å². The van der Waals surface area contributed by atoms with Crippen LogP contribution in [0.1, 0.15) is 18.2 Å². The molecule has 0 aliphatic rings. The molecule has 23 heavy (non-hydrogen) atoms. The van der Waals surface area contributed by atoms with Crippen molar-refractivity contribution in [2.45, 2.75) is 19.9 Å². The molecular weight excluding hydrogens is 407 g/mol. The van der Waals surface area contributed by atoms with Gasteiger partial charge in [0.15, 0.2) is 5.96 Å². The van der Waals surface area contributed by atoms with Gasteiger partial charge in [0.25, 0.3) is 0 Å². The topological polar surface area (TPSA) is 92.6 Å². The average Bonchev–Trinajstić information content (AvgIpc) is 3.04. The summed E-state index contributed by atoms with van der Waals surface area (Å²) in [5.41, 5.74) is 7.84. The van der Waals surface area contributed by atoms with E-state index in [1.165, 1.54) is 5.56 Å². The highest BCUT2D eigenvalue weighted by atomic mass is 127. The van der Waals surface area contributed by atoms with E-state index in [2.05, 4.69) is 22.5 Å². The molecule has 1 heterocycles. The molecular formula is C16H21IN4O2. The zero-order chi connectivity index (χ0) is 15.8. The number of carbonyl (C=O) groups is 1. The van der Waals surface area contributed by atoms with Crippen molar-refractivity contribution in [3.63, 3.8) is 0 Å². The second kappa shape index (κ2) is 9.88. The lowest BCUT2D eigenvalue weighted by Gasteiger charge is -2.07.